The maximum absolute atomic E-state index is 4.79. The Morgan fingerprint density at radius 3 is 2.70 bits per heavy atom. The summed E-state index contributed by atoms with van der Waals surface area (Å²) in [7, 11) is 2.15. The third-order valence-electron chi connectivity index (χ3n) is 4.87. The lowest BCUT2D eigenvalue weighted by Gasteiger charge is -2.33. The molecule has 4 aromatic rings. The minimum absolute atomic E-state index is 0.686. The Hall–Kier alpha value is -3.33. The average Bonchev–Trinajstić information content (AvgIpc) is 3.36. The smallest absolute Gasteiger partial charge is 0.160 e. The molecule has 1 saturated heterocycles. The van der Waals surface area contributed by atoms with Gasteiger partial charge in [-0.1, -0.05) is 0 Å². The second-order valence-electron chi connectivity index (χ2n) is 6.66. The van der Waals surface area contributed by atoms with Crippen LogP contribution in [0.15, 0.2) is 36.9 Å². The second kappa shape index (κ2) is 6.44. The van der Waals surface area contributed by atoms with Crippen molar-refractivity contribution >= 4 is 16.9 Å². The molecule has 0 aliphatic carbocycles. The number of likely N-dealkylation sites (N-methyl/N-ethyl adjacent to an activating group) is 1. The monoisotopic (exact) mass is 361 g/mol. The maximum Gasteiger partial charge on any atom is 0.160 e. The number of hydrogen-bond acceptors (Lipinski definition) is 7. The van der Waals surface area contributed by atoms with Crippen LogP contribution in [0.4, 0.5) is 5.69 Å². The number of rotatable bonds is 3. The highest BCUT2D eigenvalue weighted by Gasteiger charge is 2.19. The van der Waals surface area contributed by atoms with E-state index >= 15 is 0 Å². The zero-order valence-corrected chi connectivity index (χ0v) is 14.9. The van der Waals surface area contributed by atoms with Gasteiger partial charge in [-0.2, -0.15) is 5.10 Å². The van der Waals surface area contributed by atoms with Gasteiger partial charge in [-0.3, -0.25) is 15.1 Å². The van der Waals surface area contributed by atoms with Gasteiger partial charge in [0.2, 0.25) is 0 Å². The first-order valence-electron chi connectivity index (χ1n) is 8.88. The minimum Gasteiger partial charge on any atom is -0.367 e. The molecule has 9 heteroatoms. The molecule has 1 aliphatic heterocycles. The van der Waals surface area contributed by atoms with E-state index in [2.05, 4.69) is 47.0 Å². The summed E-state index contributed by atoms with van der Waals surface area (Å²) in [4.78, 5) is 25.6. The maximum atomic E-state index is 4.79. The van der Waals surface area contributed by atoms with Crippen LogP contribution >= 0.6 is 0 Å². The van der Waals surface area contributed by atoms with Crippen LogP contribution in [-0.2, 0) is 0 Å². The number of piperazine rings is 1. The molecule has 0 radical (unpaired) electrons. The molecule has 0 saturated carbocycles. The molecule has 27 heavy (non-hydrogen) atoms. The second-order valence-corrected chi connectivity index (χ2v) is 6.66. The Morgan fingerprint density at radius 1 is 1.00 bits per heavy atom. The molecule has 0 atom stereocenters. The van der Waals surface area contributed by atoms with Gasteiger partial charge < -0.3 is 14.8 Å². The van der Waals surface area contributed by atoms with Gasteiger partial charge in [0.05, 0.1) is 17.6 Å². The summed E-state index contributed by atoms with van der Waals surface area (Å²) in [6.07, 6.45) is 6.82. The Balaban J connectivity index is 1.50. The van der Waals surface area contributed by atoms with Crippen molar-refractivity contribution in [3.63, 3.8) is 0 Å². The number of fused-ring (bicyclic) bond motifs is 1. The van der Waals surface area contributed by atoms with E-state index in [0.29, 0.717) is 5.82 Å². The van der Waals surface area contributed by atoms with Crippen LogP contribution in [0.5, 0.6) is 0 Å². The van der Waals surface area contributed by atoms with Gasteiger partial charge in [0.1, 0.15) is 16.9 Å². The van der Waals surface area contributed by atoms with E-state index in [1.807, 2.05) is 18.3 Å². The number of aromatic amines is 2. The van der Waals surface area contributed by atoms with E-state index in [-0.39, 0.29) is 0 Å². The van der Waals surface area contributed by atoms with Crippen molar-refractivity contribution in [1.82, 2.24) is 40.0 Å². The van der Waals surface area contributed by atoms with Crippen LogP contribution in [0.1, 0.15) is 0 Å². The number of aromatic nitrogens is 7. The van der Waals surface area contributed by atoms with E-state index in [9.17, 15) is 0 Å². The summed E-state index contributed by atoms with van der Waals surface area (Å²) in [6.45, 7) is 4.05. The molecule has 9 nitrogen and oxygen atoms in total. The van der Waals surface area contributed by atoms with Gasteiger partial charge >= 0.3 is 0 Å². The predicted molar refractivity (Wildman–Crippen MR) is 102 cm³/mol. The van der Waals surface area contributed by atoms with E-state index in [4.69, 9.17) is 4.98 Å². The third kappa shape index (κ3) is 2.91. The summed E-state index contributed by atoms with van der Waals surface area (Å²) in [6, 6.07) is 3.95. The molecule has 136 valence electrons. The minimum atomic E-state index is 0.686. The summed E-state index contributed by atoms with van der Waals surface area (Å²) < 4.78 is 0. The van der Waals surface area contributed by atoms with Crippen molar-refractivity contribution in [1.29, 1.82) is 0 Å². The molecule has 0 bridgehead atoms. The first-order valence-corrected chi connectivity index (χ1v) is 8.88. The normalized spacial score (nSPS) is 15.5. The van der Waals surface area contributed by atoms with Crippen molar-refractivity contribution in [3.8, 4) is 22.9 Å². The fourth-order valence-corrected chi connectivity index (χ4v) is 3.33. The Bertz CT molecular complexity index is 1060. The molecule has 5 heterocycles. The van der Waals surface area contributed by atoms with Gasteiger partial charge in [0, 0.05) is 44.8 Å². The molecule has 1 fully saturated rings. The van der Waals surface area contributed by atoms with Crippen LogP contribution in [0.3, 0.4) is 0 Å². The molecule has 1 aliphatic rings. The van der Waals surface area contributed by atoms with Crippen molar-refractivity contribution in [2.75, 3.05) is 38.1 Å². The number of pyridine rings is 1. The number of H-pyrrole nitrogens is 2. The summed E-state index contributed by atoms with van der Waals surface area (Å²) in [5.41, 5.74) is 5.01. The quantitative estimate of drug-likeness (QED) is 0.571. The highest BCUT2D eigenvalue weighted by molar-refractivity contribution is 5.88. The number of nitrogens with zero attached hydrogens (tertiary/aromatic N) is 7. The van der Waals surface area contributed by atoms with Crippen LogP contribution < -0.4 is 4.90 Å². The average molecular weight is 361 g/mol. The number of anilines is 1. The lowest BCUT2D eigenvalue weighted by atomic mass is 10.2. The van der Waals surface area contributed by atoms with Gasteiger partial charge in [-0.25, -0.2) is 9.97 Å². The number of imidazole rings is 1. The topological polar surface area (TPSA) is 103 Å². The van der Waals surface area contributed by atoms with Crippen LogP contribution in [0, 0.1) is 0 Å². The lowest BCUT2D eigenvalue weighted by Crippen LogP contribution is -2.44. The Labute approximate surface area is 155 Å². The zero-order valence-electron chi connectivity index (χ0n) is 14.9. The zero-order chi connectivity index (χ0) is 18.2. The highest BCUT2D eigenvalue weighted by Crippen LogP contribution is 2.28. The summed E-state index contributed by atoms with van der Waals surface area (Å²) in [5, 5.41) is 7.37. The molecule has 5 rings (SSSR count). The van der Waals surface area contributed by atoms with Crippen molar-refractivity contribution in [2.24, 2.45) is 0 Å². The van der Waals surface area contributed by atoms with Gasteiger partial charge in [-0.15, -0.1) is 0 Å². The number of hydrogen-bond donors (Lipinski definition) is 2. The van der Waals surface area contributed by atoms with Crippen molar-refractivity contribution in [3.05, 3.63) is 36.9 Å². The first-order chi connectivity index (χ1) is 13.3. The van der Waals surface area contributed by atoms with E-state index in [1.54, 1.807) is 18.6 Å². The third-order valence-corrected chi connectivity index (χ3v) is 4.87. The molecular formula is C18H19N9. The Kier molecular flexibility index (Phi) is 3.79. The van der Waals surface area contributed by atoms with Gasteiger partial charge in [0.15, 0.2) is 11.5 Å². The van der Waals surface area contributed by atoms with E-state index in [1.165, 1.54) is 0 Å². The highest BCUT2D eigenvalue weighted by atomic mass is 15.3. The van der Waals surface area contributed by atoms with Crippen LogP contribution in [0.25, 0.3) is 34.1 Å². The van der Waals surface area contributed by atoms with Crippen molar-refractivity contribution in [2.45, 2.75) is 0 Å². The summed E-state index contributed by atoms with van der Waals surface area (Å²) in [5.74, 6) is 0.686. The standard InChI is InChI=1S/C18H19N9/c1-26-6-8-27(9-7-26)15-2-3-21-18-16(15)22-17(23-18)13-10-12(24-25-13)14-11-19-4-5-20-14/h2-5,10-11H,6-9H2,1H3,(H,24,25)(H,21,22,23). The van der Waals surface area contributed by atoms with Crippen molar-refractivity contribution < 1.29 is 0 Å². The molecule has 2 N–H and O–H groups in total. The Morgan fingerprint density at radius 2 is 1.89 bits per heavy atom. The summed E-state index contributed by atoms with van der Waals surface area (Å²) >= 11 is 0. The van der Waals surface area contributed by atoms with E-state index in [0.717, 1.165) is 60.1 Å². The van der Waals surface area contributed by atoms with Crippen LogP contribution in [-0.4, -0.2) is 73.2 Å². The molecule has 0 amide bonds. The fourth-order valence-electron chi connectivity index (χ4n) is 3.33. The molecule has 0 aromatic carbocycles. The molecule has 0 spiro atoms. The first kappa shape index (κ1) is 15.9. The molecular weight excluding hydrogens is 342 g/mol. The molecule has 0 unspecified atom stereocenters. The number of nitrogens with one attached hydrogen (secondary N) is 2. The van der Waals surface area contributed by atoms with Gasteiger partial charge in [0.25, 0.3) is 0 Å². The fraction of sp³-hybridized carbons (Fsp3) is 0.278. The largest absolute Gasteiger partial charge is 0.367 e. The lowest BCUT2D eigenvalue weighted by molar-refractivity contribution is 0.313. The SMILES string of the molecule is CN1CCN(c2ccnc3[nH]c(-c4cc(-c5cnccn5)[nH]n4)nc23)CC1. The van der Waals surface area contributed by atoms with Gasteiger partial charge in [-0.05, 0) is 19.2 Å². The van der Waals surface area contributed by atoms with E-state index < -0.39 is 0 Å². The molecule has 4 aromatic heterocycles. The van der Waals surface area contributed by atoms with Crippen LogP contribution in [0.2, 0.25) is 0 Å². The predicted octanol–water partition coefficient (Wildman–Crippen LogP) is 1.56.